The molecular formula is C46H29N5. The Balaban J connectivity index is 1.25. The van der Waals surface area contributed by atoms with Crippen LogP contribution in [0.3, 0.4) is 0 Å². The maximum absolute atomic E-state index is 5.30. The monoisotopic (exact) mass is 651 g/mol. The van der Waals surface area contributed by atoms with Gasteiger partial charge in [0.05, 0.1) is 50.5 Å². The van der Waals surface area contributed by atoms with Crippen molar-refractivity contribution in [3.8, 4) is 33.9 Å². The number of fused-ring (bicyclic) bond motifs is 9. The lowest BCUT2D eigenvalue weighted by atomic mass is 10.0. The summed E-state index contributed by atoms with van der Waals surface area (Å²) in [6.07, 6.45) is 0. The van der Waals surface area contributed by atoms with Crippen LogP contribution in [0.15, 0.2) is 176 Å². The maximum atomic E-state index is 5.30. The van der Waals surface area contributed by atoms with Gasteiger partial charge in [-0.1, -0.05) is 121 Å². The van der Waals surface area contributed by atoms with Crippen LogP contribution < -0.4 is 4.90 Å². The lowest BCUT2D eigenvalue weighted by Crippen LogP contribution is -2.20. The molecule has 7 aromatic carbocycles. The molecule has 0 fully saturated rings. The Bertz CT molecular complexity index is 2900. The Hall–Kier alpha value is -6.98. The predicted octanol–water partition coefficient (Wildman–Crippen LogP) is 11.8. The van der Waals surface area contributed by atoms with Gasteiger partial charge in [0, 0.05) is 38.4 Å². The number of hydrogen-bond acceptors (Lipinski definition) is 3. The number of para-hydroxylation sites is 5. The first kappa shape index (κ1) is 27.9. The quantitative estimate of drug-likeness (QED) is 0.190. The van der Waals surface area contributed by atoms with E-state index in [0.717, 1.165) is 50.8 Å². The molecule has 11 rings (SSSR count). The lowest BCUT2D eigenvalue weighted by Gasteiger charge is -2.31. The fraction of sp³-hybridized carbons (Fsp3) is 0. The maximum Gasteiger partial charge on any atom is 0.235 e. The van der Waals surface area contributed by atoms with Crippen LogP contribution in [-0.2, 0) is 0 Å². The molecule has 51 heavy (non-hydrogen) atoms. The summed E-state index contributed by atoms with van der Waals surface area (Å²) in [5, 5.41) is 4.94. The topological polar surface area (TPSA) is 38.9 Å². The molecule has 1 aliphatic heterocycles. The first-order valence-corrected chi connectivity index (χ1v) is 17.3. The highest BCUT2D eigenvalue weighted by Crippen LogP contribution is 2.51. The third kappa shape index (κ3) is 4.03. The van der Waals surface area contributed by atoms with Crippen molar-refractivity contribution in [3.05, 3.63) is 176 Å². The zero-order chi connectivity index (χ0) is 33.5. The molecule has 0 bridgehead atoms. The van der Waals surface area contributed by atoms with Gasteiger partial charge in [-0.2, -0.15) is 0 Å². The molecule has 0 saturated carbocycles. The van der Waals surface area contributed by atoms with Crippen LogP contribution >= 0.6 is 0 Å². The zero-order valence-electron chi connectivity index (χ0n) is 27.5. The van der Waals surface area contributed by atoms with Gasteiger partial charge in [0.25, 0.3) is 0 Å². The van der Waals surface area contributed by atoms with Crippen LogP contribution in [-0.4, -0.2) is 19.1 Å². The Morgan fingerprint density at radius 3 is 1.61 bits per heavy atom. The van der Waals surface area contributed by atoms with E-state index in [2.05, 4.69) is 178 Å². The van der Waals surface area contributed by atoms with E-state index in [0.29, 0.717) is 5.95 Å². The number of hydrogen-bond donors (Lipinski definition) is 0. The number of nitrogens with zero attached hydrogens (tertiary/aromatic N) is 5. The van der Waals surface area contributed by atoms with E-state index in [1.807, 2.05) is 12.1 Å². The average molecular weight is 652 g/mol. The largest absolute Gasteiger partial charge is 0.309 e. The van der Waals surface area contributed by atoms with Gasteiger partial charge in [-0.3, -0.25) is 4.90 Å². The van der Waals surface area contributed by atoms with Crippen molar-refractivity contribution < 1.29 is 0 Å². The molecule has 0 spiro atoms. The molecule has 0 N–H and O–H groups in total. The highest BCUT2D eigenvalue weighted by Gasteiger charge is 2.31. The molecule has 0 aliphatic carbocycles. The van der Waals surface area contributed by atoms with Gasteiger partial charge in [0.2, 0.25) is 5.95 Å². The van der Waals surface area contributed by atoms with Gasteiger partial charge < -0.3 is 9.13 Å². The summed E-state index contributed by atoms with van der Waals surface area (Å²) < 4.78 is 4.84. The van der Waals surface area contributed by atoms with Gasteiger partial charge in [-0.05, 0) is 54.6 Å². The van der Waals surface area contributed by atoms with Crippen molar-refractivity contribution in [1.82, 2.24) is 19.1 Å². The highest BCUT2D eigenvalue weighted by atomic mass is 15.3. The minimum absolute atomic E-state index is 0.637. The molecule has 0 radical (unpaired) electrons. The van der Waals surface area contributed by atoms with Gasteiger partial charge in [-0.25, -0.2) is 9.97 Å². The number of anilines is 3. The van der Waals surface area contributed by atoms with Crippen LogP contribution in [0, 0.1) is 0 Å². The van der Waals surface area contributed by atoms with Gasteiger partial charge in [0.15, 0.2) is 0 Å². The molecular weight excluding hydrogens is 623 g/mol. The van der Waals surface area contributed by atoms with Crippen molar-refractivity contribution in [2.45, 2.75) is 0 Å². The Morgan fingerprint density at radius 2 is 0.902 bits per heavy atom. The molecule has 5 heteroatoms. The Labute approximate surface area is 293 Å². The van der Waals surface area contributed by atoms with E-state index >= 15 is 0 Å². The Kier molecular flexibility index (Phi) is 5.89. The van der Waals surface area contributed by atoms with Crippen LogP contribution in [0.25, 0.3) is 77.5 Å². The third-order valence-corrected chi connectivity index (χ3v) is 10.2. The second-order valence-corrected chi connectivity index (χ2v) is 13.0. The molecule has 0 amide bonds. The standard InChI is InChI=1S/C46H29N5/c1-4-15-30(16-5-1)35-29-36(31-17-6-2-7-18-31)48-46(47-35)51-39-25-13-12-24-38(39)50-41-28-27-40-43(44(41)34-22-14-26-42(51)45(34)50)33-21-10-11-23-37(33)49(40)32-19-8-3-9-20-32/h1-29H. The van der Waals surface area contributed by atoms with E-state index in [1.165, 1.54) is 38.1 Å². The molecule has 238 valence electrons. The Morgan fingerprint density at radius 1 is 0.373 bits per heavy atom. The molecule has 1 aliphatic rings. The van der Waals surface area contributed by atoms with E-state index in [1.54, 1.807) is 0 Å². The normalized spacial score (nSPS) is 12.3. The second kappa shape index (κ2) is 10.8. The lowest BCUT2D eigenvalue weighted by molar-refractivity contribution is 1.04. The zero-order valence-corrected chi connectivity index (χ0v) is 27.5. The van der Waals surface area contributed by atoms with E-state index in [9.17, 15) is 0 Å². The summed E-state index contributed by atoms with van der Waals surface area (Å²) in [5.74, 6) is 0.637. The first-order chi connectivity index (χ1) is 25.3. The molecule has 10 aromatic rings. The average Bonchev–Trinajstić information content (AvgIpc) is 3.73. The number of benzene rings is 7. The fourth-order valence-corrected chi connectivity index (χ4v) is 8.12. The van der Waals surface area contributed by atoms with Gasteiger partial charge in [0.1, 0.15) is 0 Å². The van der Waals surface area contributed by atoms with Gasteiger partial charge in [-0.15, -0.1) is 0 Å². The molecule has 0 atom stereocenters. The van der Waals surface area contributed by atoms with E-state index in [-0.39, 0.29) is 0 Å². The van der Waals surface area contributed by atoms with Crippen LogP contribution in [0.5, 0.6) is 0 Å². The summed E-state index contributed by atoms with van der Waals surface area (Å²) in [7, 11) is 0. The van der Waals surface area contributed by atoms with Crippen molar-refractivity contribution in [2.75, 3.05) is 4.90 Å². The summed E-state index contributed by atoms with van der Waals surface area (Å²) in [6, 6.07) is 62.2. The fourth-order valence-electron chi connectivity index (χ4n) is 8.12. The predicted molar refractivity (Wildman–Crippen MR) is 210 cm³/mol. The first-order valence-electron chi connectivity index (χ1n) is 17.3. The minimum Gasteiger partial charge on any atom is -0.309 e. The number of rotatable bonds is 4. The van der Waals surface area contributed by atoms with E-state index in [4.69, 9.17) is 9.97 Å². The molecule has 5 nitrogen and oxygen atoms in total. The van der Waals surface area contributed by atoms with Crippen LogP contribution in [0.1, 0.15) is 0 Å². The molecule has 4 heterocycles. The minimum atomic E-state index is 0.637. The van der Waals surface area contributed by atoms with Crippen molar-refractivity contribution in [1.29, 1.82) is 0 Å². The van der Waals surface area contributed by atoms with E-state index < -0.39 is 0 Å². The SMILES string of the molecule is c1ccc(-c2cc(-c3ccccc3)nc(N3c4ccccc4-n4c5ccc6c(c7ccccc7n6-c6ccccc6)c5c5cccc3c54)n2)cc1. The van der Waals surface area contributed by atoms with Gasteiger partial charge >= 0.3 is 0 Å². The van der Waals surface area contributed by atoms with Crippen molar-refractivity contribution >= 4 is 60.9 Å². The molecule has 3 aromatic heterocycles. The molecule has 0 saturated heterocycles. The molecule has 0 unspecified atom stereocenters. The van der Waals surface area contributed by atoms with Crippen molar-refractivity contribution in [3.63, 3.8) is 0 Å². The number of aromatic nitrogens is 4. The summed E-state index contributed by atoms with van der Waals surface area (Å²) in [4.78, 5) is 12.8. The van der Waals surface area contributed by atoms with Crippen LogP contribution in [0.4, 0.5) is 17.3 Å². The third-order valence-electron chi connectivity index (χ3n) is 10.2. The highest BCUT2D eigenvalue weighted by molar-refractivity contribution is 6.30. The second-order valence-electron chi connectivity index (χ2n) is 13.0. The van der Waals surface area contributed by atoms with Crippen molar-refractivity contribution in [2.24, 2.45) is 0 Å². The smallest absolute Gasteiger partial charge is 0.235 e. The summed E-state index contributed by atoms with van der Waals surface area (Å²) >= 11 is 0. The van der Waals surface area contributed by atoms with Crippen LogP contribution in [0.2, 0.25) is 0 Å². The summed E-state index contributed by atoms with van der Waals surface area (Å²) in [5.41, 5.74) is 12.9. The summed E-state index contributed by atoms with van der Waals surface area (Å²) in [6.45, 7) is 0.